The highest BCUT2D eigenvalue weighted by atomic mass is 16.4. The molecule has 1 rings (SSSR count). The van der Waals surface area contributed by atoms with E-state index < -0.39 is 11.9 Å². The SMILES string of the molecule is O=C(O)[C]1C=CC=C(C(=O)O)N1. The molecule has 0 saturated carbocycles. The molecule has 1 aliphatic heterocycles. The van der Waals surface area contributed by atoms with Gasteiger partial charge in [-0.3, -0.25) is 0 Å². The van der Waals surface area contributed by atoms with E-state index in [1.54, 1.807) is 0 Å². The number of carboxylic acid groups (broad SMARTS) is 2. The van der Waals surface area contributed by atoms with Crippen molar-refractivity contribution in [1.82, 2.24) is 5.32 Å². The molecule has 0 aromatic heterocycles. The van der Waals surface area contributed by atoms with Crippen molar-refractivity contribution in [2.24, 2.45) is 0 Å². The second-order valence-electron chi connectivity index (χ2n) is 2.09. The Morgan fingerprint density at radius 1 is 1.25 bits per heavy atom. The first kappa shape index (κ1) is 8.32. The Morgan fingerprint density at radius 2 is 1.92 bits per heavy atom. The number of nitrogens with one attached hydrogen (secondary N) is 1. The largest absolute Gasteiger partial charge is 0.479 e. The summed E-state index contributed by atoms with van der Waals surface area (Å²) in [6, 6.07) is -0.144. The third kappa shape index (κ3) is 1.63. The number of dihydropyridines is 1. The standard InChI is InChI=1S/C7H6NO4/c9-6(10)4-2-1-3-5(8-4)7(11)12/h1-3,8H,(H,9,10)(H,11,12). The molecule has 0 saturated heterocycles. The lowest BCUT2D eigenvalue weighted by atomic mass is 10.2. The van der Waals surface area contributed by atoms with Crippen molar-refractivity contribution < 1.29 is 19.8 Å². The lowest BCUT2D eigenvalue weighted by Gasteiger charge is -2.13. The molecular formula is C7H6NO4. The molecule has 0 fully saturated rings. The first-order valence-electron chi connectivity index (χ1n) is 3.10. The van der Waals surface area contributed by atoms with Gasteiger partial charge in [-0.05, 0) is 12.2 Å². The summed E-state index contributed by atoms with van der Waals surface area (Å²) in [6.07, 6.45) is 3.94. The van der Waals surface area contributed by atoms with Gasteiger partial charge in [-0.25, -0.2) is 9.59 Å². The number of aliphatic carboxylic acids is 2. The highest BCUT2D eigenvalue weighted by Gasteiger charge is 2.21. The average molecular weight is 168 g/mol. The van der Waals surface area contributed by atoms with Crippen LogP contribution in [-0.2, 0) is 9.59 Å². The molecular weight excluding hydrogens is 162 g/mol. The van der Waals surface area contributed by atoms with E-state index in [0.717, 1.165) is 0 Å². The van der Waals surface area contributed by atoms with Crippen molar-refractivity contribution in [2.45, 2.75) is 0 Å². The van der Waals surface area contributed by atoms with Gasteiger partial charge >= 0.3 is 11.9 Å². The van der Waals surface area contributed by atoms with E-state index in [0.29, 0.717) is 0 Å². The highest BCUT2D eigenvalue weighted by molar-refractivity contribution is 5.92. The smallest absolute Gasteiger partial charge is 0.351 e. The van der Waals surface area contributed by atoms with Gasteiger partial charge in [0.05, 0.1) is 0 Å². The van der Waals surface area contributed by atoms with Gasteiger partial charge in [0.1, 0.15) is 5.70 Å². The summed E-state index contributed by atoms with van der Waals surface area (Å²) < 4.78 is 0. The summed E-state index contributed by atoms with van der Waals surface area (Å²) >= 11 is 0. The van der Waals surface area contributed by atoms with Gasteiger partial charge < -0.3 is 15.5 Å². The van der Waals surface area contributed by atoms with Crippen molar-refractivity contribution in [3.63, 3.8) is 0 Å². The van der Waals surface area contributed by atoms with Gasteiger partial charge in [-0.2, -0.15) is 0 Å². The normalized spacial score (nSPS) is 16.5. The topological polar surface area (TPSA) is 86.6 Å². The lowest BCUT2D eigenvalue weighted by Crippen LogP contribution is -2.31. The number of allylic oxidation sites excluding steroid dienone is 2. The van der Waals surface area contributed by atoms with E-state index >= 15 is 0 Å². The van der Waals surface area contributed by atoms with Crippen LogP contribution in [0.15, 0.2) is 23.9 Å². The summed E-state index contributed by atoms with van der Waals surface area (Å²) in [7, 11) is 0. The minimum absolute atomic E-state index is 0.144. The van der Waals surface area contributed by atoms with Gasteiger partial charge in [0.25, 0.3) is 0 Å². The van der Waals surface area contributed by atoms with Crippen LogP contribution in [0.25, 0.3) is 0 Å². The molecule has 63 valence electrons. The van der Waals surface area contributed by atoms with Gasteiger partial charge in [-0.1, -0.05) is 6.08 Å². The Morgan fingerprint density at radius 3 is 2.42 bits per heavy atom. The second kappa shape index (κ2) is 3.08. The predicted molar refractivity (Wildman–Crippen MR) is 38.9 cm³/mol. The predicted octanol–water partition coefficient (Wildman–Crippen LogP) is -0.269. The molecule has 0 unspecified atom stereocenters. The van der Waals surface area contributed by atoms with Crippen molar-refractivity contribution in [3.05, 3.63) is 30.0 Å². The summed E-state index contributed by atoms with van der Waals surface area (Å²) in [5, 5.41) is 19.2. The van der Waals surface area contributed by atoms with Gasteiger partial charge in [0.2, 0.25) is 0 Å². The Balaban J connectivity index is 2.74. The van der Waals surface area contributed by atoms with E-state index in [2.05, 4.69) is 5.32 Å². The number of hydrogen-bond acceptors (Lipinski definition) is 3. The summed E-state index contributed by atoms with van der Waals surface area (Å²) in [5.41, 5.74) is -0.144. The van der Waals surface area contributed by atoms with Crippen LogP contribution in [0.5, 0.6) is 0 Å². The Hall–Kier alpha value is -1.78. The molecule has 5 heteroatoms. The highest BCUT2D eigenvalue weighted by Crippen LogP contribution is 2.08. The molecule has 3 N–H and O–H groups in total. The van der Waals surface area contributed by atoms with Crippen molar-refractivity contribution in [2.75, 3.05) is 0 Å². The number of hydrogen-bond donors (Lipinski definition) is 3. The van der Waals surface area contributed by atoms with E-state index in [4.69, 9.17) is 10.2 Å². The molecule has 0 bridgehead atoms. The molecule has 0 aromatic carbocycles. The quantitative estimate of drug-likeness (QED) is 0.528. The molecule has 5 nitrogen and oxygen atoms in total. The minimum atomic E-state index is -1.18. The van der Waals surface area contributed by atoms with E-state index in [1.165, 1.54) is 18.2 Å². The molecule has 0 atom stereocenters. The van der Waals surface area contributed by atoms with Crippen LogP contribution in [-0.4, -0.2) is 22.2 Å². The van der Waals surface area contributed by atoms with Crippen LogP contribution in [0.4, 0.5) is 0 Å². The molecule has 0 aliphatic carbocycles. The molecule has 1 heterocycles. The minimum Gasteiger partial charge on any atom is -0.479 e. The second-order valence-corrected chi connectivity index (χ2v) is 2.09. The molecule has 0 aromatic rings. The van der Waals surface area contributed by atoms with Crippen LogP contribution in [0.1, 0.15) is 0 Å². The molecule has 0 spiro atoms. The van der Waals surface area contributed by atoms with E-state index in [1.807, 2.05) is 0 Å². The maximum absolute atomic E-state index is 10.4. The zero-order valence-electron chi connectivity index (χ0n) is 5.94. The van der Waals surface area contributed by atoms with Crippen LogP contribution >= 0.6 is 0 Å². The third-order valence-corrected chi connectivity index (χ3v) is 1.26. The third-order valence-electron chi connectivity index (χ3n) is 1.26. The van der Waals surface area contributed by atoms with Crippen molar-refractivity contribution in [3.8, 4) is 0 Å². The van der Waals surface area contributed by atoms with Crippen molar-refractivity contribution in [1.29, 1.82) is 0 Å². The fourth-order valence-corrected chi connectivity index (χ4v) is 0.718. The molecule has 1 radical (unpaired) electrons. The summed E-state index contributed by atoms with van der Waals surface area (Å²) in [6.45, 7) is 0. The van der Waals surface area contributed by atoms with Crippen LogP contribution in [0.2, 0.25) is 0 Å². The lowest BCUT2D eigenvalue weighted by molar-refractivity contribution is -0.135. The maximum Gasteiger partial charge on any atom is 0.351 e. The summed E-state index contributed by atoms with van der Waals surface area (Å²) in [5.74, 6) is -2.36. The first-order valence-corrected chi connectivity index (χ1v) is 3.10. The van der Waals surface area contributed by atoms with Crippen LogP contribution < -0.4 is 5.32 Å². The van der Waals surface area contributed by atoms with E-state index in [9.17, 15) is 9.59 Å². The number of rotatable bonds is 2. The van der Waals surface area contributed by atoms with Crippen LogP contribution in [0, 0.1) is 6.04 Å². The maximum atomic E-state index is 10.4. The summed E-state index contributed by atoms with van der Waals surface area (Å²) in [4.78, 5) is 20.7. The number of carbonyl (C=O) groups is 2. The molecule has 12 heavy (non-hydrogen) atoms. The Kier molecular flexibility index (Phi) is 2.14. The van der Waals surface area contributed by atoms with Crippen molar-refractivity contribution >= 4 is 11.9 Å². The zero-order valence-corrected chi connectivity index (χ0v) is 5.94. The van der Waals surface area contributed by atoms with Crippen LogP contribution in [0.3, 0.4) is 0 Å². The Labute approximate surface area is 68.0 Å². The monoisotopic (exact) mass is 168 g/mol. The zero-order chi connectivity index (χ0) is 9.14. The fourth-order valence-electron chi connectivity index (χ4n) is 0.718. The van der Waals surface area contributed by atoms with E-state index in [-0.39, 0.29) is 11.7 Å². The molecule has 1 aliphatic rings. The molecule has 0 amide bonds. The van der Waals surface area contributed by atoms with Gasteiger partial charge in [0, 0.05) is 0 Å². The first-order chi connectivity index (χ1) is 5.61. The average Bonchev–Trinajstić information content (AvgIpc) is 2.04. The Bertz CT molecular complexity index is 279. The van der Waals surface area contributed by atoms with Gasteiger partial charge in [-0.15, -0.1) is 0 Å². The fraction of sp³-hybridized carbons (Fsp3) is 0. The van der Waals surface area contributed by atoms with Gasteiger partial charge in [0.15, 0.2) is 6.04 Å². The number of carboxylic acids is 2.